The van der Waals surface area contributed by atoms with Crippen LogP contribution in [0.15, 0.2) is 23.1 Å². The van der Waals surface area contributed by atoms with Crippen LogP contribution < -0.4 is 5.32 Å². The number of hydrogen-bond acceptors (Lipinski definition) is 5. The number of ether oxygens (including phenoxy) is 2. The Kier molecular flexibility index (Phi) is 6.62. The highest BCUT2D eigenvalue weighted by molar-refractivity contribution is 7.90. The third-order valence-electron chi connectivity index (χ3n) is 3.80. The zero-order chi connectivity index (χ0) is 17.7. The first-order valence-corrected chi connectivity index (χ1v) is 10.1. The van der Waals surface area contributed by atoms with Crippen molar-refractivity contribution in [2.24, 2.45) is 0 Å². The maximum absolute atomic E-state index is 12.2. The van der Waals surface area contributed by atoms with Crippen LogP contribution in [0, 0.1) is 0 Å². The minimum absolute atomic E-state index is 0.0196. The molecular weight excluding hydrogens is 354 g/mol. The van der Waals surface area contributed by atoms with E-state index < -0.39 is 21.8 Å². The zero-order valence-electron chi connectivity index (χ0n) is 13.7. The fourth-order valence-corrected chi connectivity index (χ4v) is 3.14. The molecule has 1 aliphatic rings. The summed E-state index contributed by atoms with van der Waals surface area (Å²) in [7, 11) is -3.38. The van der Waals surface area contributed by atoms with Crippen LogP contribution >= 0.6 is 11.6 Å². The third-order valence-corrected chi connectivity index (χ3v) is 5.24. The number of sulfone groups is 1. The number of nitrogens with one attached hydrogen (secondary N) is 1. The van der Waals surface area contributed by atoms with Gasteiger partial charge in [0, 0.05) is 12.9 Å². The van der Waals surface area contributed by atoms with Gasteiger partial charge in [-0.15, -0.1) is 0 Å². The molecule has 2 atom stereocenters. The maximum atomic E-state index is 12.2. The number of anilines is 1. The quantitative estimate of drug-likeness (QED) is 0.826. The Morgan fingerprint density at radius 1 is 1.46 bits per heavy atom. The van der Waals surface area contributed by atoms with Gasteiger partial charge in [0.25, 0.3) is 5.91 Å². The van der Waals surface area contributed by atoms with E-state index in [0.29, 0.717) is 6.61 Å². The first-order chi connectivity index (χ1) is 11.3. The van der Waals surface area contributed by atoms with Crippen molar-refractivity contribution in [3.63, 3.8) is 0 Å². The molecule has 8 heteroatoms. The molecule has 0 spiro atoms. The normalized spacial score (nSPS) is 19.7. The second kappa shape index (κ2) is 8.29. The highest BCUT2D eigenvalue weighted by atomic mass is 35.5. The van der Waals surface area contributed by atoms with E-state index in [0.717, 1.165) is 32.1 Å². The molecule has 0 radical (unpaired) electrons. The Hall–Kier alpha value is -1.15. The van der Waals surface area contributed by atoms with E-state index >= 15 is 0 Å². The predicted molar refractivity (Wildman–Crippen MR) is 92.2 cm³/mol. The second-order valence-corrected chi connectivity index (χ2v) is 8.29. The van der Waals surface area contributed by atoms with Crippen molar-refractivity contribution in [3.05, 3.63) is 23.2 Å². The summed E-state index contributed by atoms with van der Waals surface area (Å²) in [6.45, 7) is 2.71. The van der Waals surface area contributed by atoms with E-state index in [4.69, 9.17) is 21.1 Å². The fraction of sp³-hybridized carbons (Fsp3) is 0.562. The van der Waals surface area contributed by atoms with Crippen LogP contribution in [0.5, 0.6) is 0 Å². The zero-order valence-corrected chi connectivity index (χ0v) is 15.3. The largest absolute Gasteiger partial charge is 0.376 e. The highest BCUT2D eigenvalue weighted by Crippen LogP contribution is 2.25. The molecule has 1 aliphatic heterocycles. The summed E-state index contributed by atoms with van der Waals surface area (Å²) in [5.41, 5.74) is 0.244. The highest BCUT2D eigenvalue weighted by Gasteiger charge is 2.20. The first kappa shape index (κ1) is 19.2. The minimum atomic E-state index is -3.38. The Morgan fingerprint density at radius 2 is 2.21 bits per heavy atom. The number of carbonyl (C=O) groups is 1. The van der Waals surface area contributed by atoms with Gasteiger partial charge in [0.1, 0.15) is 6.10 Å². The number of amides is 1. The van der Waals surface area contributed by atoms with E-state index in [1.165, 1.54) is 18.2 Å². The van der Waals surface area contributed by atoms with Crippen molar-refractivity contribution < 1.29 is 22.7 Å². The monoisotopic (exact) mass is 375 g/mol. The van der Waals surface area contributed by atoms with Gasteiger partial charge in [-0.2, -0.15) is 0 Å². The fourth-order valence-electron chi connectivity index (χ4n) is 2.33. The Labute approximate surface area is 147 Å². The number of hydrogen-bond donors (Lipinski definition) is 1. The molecule has 0 saturated carbocycles. The van der Waals surface area contributed by atoms with Crippen LogP contribution in [-0.4, -0.2) is 46.0 Å². The Bertz CT molecular complexity index is 686. The van der Waals surface area contributed by atoms with Gasteiger partial charge in [-0.25, -0.2) is 8.42 Å². The number of halogens is 1. The lowest BCUT2D eigenvalue weighted by atomic mass is 10.1. The predicted octanol–water partition coefficient (Wildman–Crippen LogP) is 2.66. The molecule has 2 rings (SSSR count). The number of carbonyl (C=O) groups excluding carboxylic acids is 1. The molecule has 1 heterocycles. The van der Waals surface area contributed by atoms with Gasteiger partial charge in [0.2, 0.25) is 0 Å². The smallest absolute Gasteiger partial charge is 0.253 e. The van der Waals surface area contributed by atoms with Crippen molar-refractivity contribution in [1.29, 1.82) is 0 Å². The van der Waals surface area contributed by atoms with Gasteiger partial charge in [0.05, 0.1) is 28.3 Å². The molecule has 0 bridgehead atoms. The van der Waals surface area contributed by atoms with Crippen molar-refractivity contribution >= 4 is 33.0 Å². The summed E-state index contributed by atoms with van der Waals surface area (Å²) >= 11 is 6.02. The number of rotatable bonds is 6. The molecule has 1 saturated heterocycles. The first-order valence-electron chi connectivity index (χ1n) is 7.81. The maximum Gasteiger partial charge on any atom is 0.253 e. The van der Waals surface area contributed by atoms with Crippen molar-refractivity contribution in [2.45, 2.75) is 43.3 Å². The van der Waals surface area contributed by atoms with E-state index in [-0.39, 0.29) is 21.7 Å². The lowest BCUT2D eigenvalue weighted by molar-refractivity contribution is -0.130. The summed E-state index contributed by atoms with van der Waals surface area (Å²) in [6.07, 6.45) is 3.50. The van der Waals surface area contributed by atoms with E-state index in [1.807, 2.05) is 0 Å². The van der Waals surface area contributed by atoms with Crippen LogP contribution in [0.4, 0.5) is 5.69 Å². The molecule has 1 fully saturated rings. The molecule has 1 aromatic carbocycles. The van der Waals surface area contributed by atoms with Crippen molar-refractivity contribution in [2.75, 3.05) is 24.8 Å². The average molecular weight is 376 g/mol. The molecule has 24 heavy (non-hydrogen) atoms. The molecule has 0 aliphatic carbocycles. The van der Waals surface area contributed by atoms with Crippen LogP contribution in [0.3, 0.4) is 0 Å². The van der Waals surface area contributed by atoms with Crippen LogP contribution in [0.25, 0.3) is 0 Å². The van der Waals surface area contributed by atoms with Crippen molar-refractivity contribution in [1.82, 2.24) is 0 Å². The average Bonchev–Trinajstić information content (AvgIpc) is 2.54. The van der Waals surface area contributed by atoms with Gasteiger partial charge in [0.15, 0.2) is 9.84 Å². The van der Waals surface area contributed by atoms with E-state index in [2.05, 4.69) is 5.32 Å². The second-order valence-electron chi connectivity index (χ2n) is 5.87. The van der Waals surface area contributed by atoms with E-state index in [9.17, 15) is 13.2 Å². The van der Waals surface area contributed by atoms with Crippen LogP contribution in [0.1, 0.15) is 26.2 Å². The molecule has 134 valence electrons. The molecule has 1 amide bonds. The summed E-state index contributed by atoms with van der Waals surface area (Å²) in [4.78, 5) is 12.3. The SMILES string of the molecule is CC(OCC1CCCCO1)C(=O)Nc1cc(S(C)(=O)=O)ccc1Cl. The molecule has 0 aromatic heterocycles. The van der Waals surface area contributed by atoms with Gasteiger partial charge < -0.3 is 14.8 Å². The number of benzene rings is 1. The summed E-state index contributed by atoms with van der Waals surface area (Å²) in [6, 6.07) is 4.18. The summed E-state index contributed by atoms with van der Waals surface area (Å²) in [5.74, 6) is -0.390. The third kappa shape index (κ3) is 5.44. The summed E-state index contributed by atoms with van der Waals surface area (Å²) < 4.78 is 34.3. The van der Waals surface area contributed by atoms with Gasteiger partial charge >= 0.3 is 0 Å². The Balaban J connectivity index is 1.95. The van der Waals surface area contributed by atoms with Gasteiger partial charge in [-0.05, 0) is 44.4 Å². The Morgan fingerprint density at radius 3 is 2.83 bits per heavy atom. The van der Waals surface area contributed by atoms with Crippen LogP contribution in [0.2, 0.25) is 5.02 Å². The summed E-state index contributed by atoms with van der Waals surface area (Å²) in [5, 5.41) is 2.87. The topological polar surface area (TPSA) is 81.7 Å². The van der Waals surface area contributed by atoms with Gasteiger partial charge in [-0.1, -0.05) is 11.6 Å². The molecule has 1 aromatic rings. The molecule has 6 nitrogen and oxygen atoms in total. The van der Waals surface area contributed by atoms with Gasteiger partial charge in [-0.3, -0.25) is 4.79 Å². The van der Waals surface area contributed by atoms with Crippen molar-refractivity contribution in [3.8, 4) is 0 Å². The molecular formula is C16H22ClNO5S. The lowest BCUT2D eigenvalue weighted by Gasteiger charge is -2.24. The van der Waals surface area contributed by atoms with E-state index in [1.54, 1.807) is 6.92 Å². The lowest BCUT2D eigenvalue weighted by Crippen LogP contribution is -2.32. The molecule has 2 unspecified atom stereocenters. The molecule has 1 N–H and O–H groups in total. The minimum Gasteiger partial charge on any atom is -0.376 e. The van der Waals surface area contributed by atoms with Crippen LogP contribution in [-0.2, 0) is 24.1 Å². The standard InChI is InChI=1S/C16H22ClNO5S/c1-11(23-10-12-5-3-4-8-22-12)16(19)18-15-9-13(24(2,20)21)6-7-14(15)17/h6-7,9,11-12H,3-5,8,10H2,1-2H3,(H,18,19).